The Hall–Kier alpha value is -3.28. The van der Waals surface area contributed by atoms with Crippen LogP contribution in [0, 0.1) is 5.92 Å². The van der Waals surface area contributed by atoms with Crippen LogP contribution in [0.5, 0.6) is 5.75 Å². The van der Waals surface area contributed by atoms with Crippen molar-refractivity contribution >= 4 is 29.3 Å². The molecule has 0 aromatic heterocycles. The Labute approximate surface area is 226 Å². The first-order chi connectivity index (χ1) is 18.2. The van der Waals surface area contributed by atoms with Gasteiger partial charge in [0, 0.05) is 5.56 Å². The zero-order valence-electron chi connectivity index (χ0n) is 22.0. The summed E-state index contributed by atoms with van der Waals surface area (Å²) in [5, 5.41) is 15.8. The van der Waals surface area contributed by atoms with Gasteiger partial charge in [0.05, 0.1) is 30.1 Å². The van der Waals surface area contributed by atoms with Crippen LogP contribution < -0.4 is 15.4 Å². The molecule has 0 fully saturated rings. The highest BCUT2D eigenvalue weighted by Gasteiger charge is 2.30. The fourth-order valence-electron chi connectivity index (χ4n) is 4.22. The molecule has 11 heteroatoms. The Kier molecular flexibility index (Phi) is 12.9. The van der Waals surface area contributed by atoms with Gasteiger partial charge in [0.15, 0.2) is 11.1 Å². The smallest absolute Gasteiger partial charge is 0.252 e. The number of amides is 3. The predicted octanol–water partition coefficient (Wildman–Crippen LogP) is 3.96. The van der Waals surface area contributed by atoms with E-state index in [4.69, 9.17) is 4.74 Å². The number of hydrogen-bond donors (Lipinski definition) is 4. The number of ether oxygens (including phenoxy) is 1. The minimum atomic E-state index is -2.20. The van der Waals surface area contributed by atoms with E-state index in [-0.39, 0.29) is 17.5 Å². The monoisotopic (exact) mass is 547 g/mol. The second-order valence-electron chi connectivity index (χ2n) is 8.74. The van der Waals surface area contributed by atoms with E-state index in [2.05, 4.69) is 10.6 Å². The van der Waals surface area contributed by atoms with Crippen LogP contribution in [-0.2, 0) is 20.7 Å². The Bertz CT molecular complexity index is 1110. The maximum absolute atomic E-state index is 12.9. The average Bonchev–Trinajstić information content (AvgIpc) is 2.92. The highest BCUT2D eigenvalue weighted by Crippen LogP contribution is 2.28. The Balaban J connectivity index is 2.11. The van der Waals surface area contributed by atoms with Gasteiger partial charge in [-0.2, -0.15) is 0 Å². The molecule has 2 rings (SSSR count). The summed E-state index contributed by atoms with van der Waals surface area (Å²) < 4.78 is 26.7. The first-order valence-electron chi connectivity index (χ1n) is 12.7. The van der Waals surface area contributed by atoms with Crippen molar-refractivity contribution < 1.29 is 33.1 Å². The van der Waals surface area contributed by atoms with Gasteiger partial charge in [0.25, 0.3) is 5.91 Å². The van der Waals surface area contributed by atoms with Crippen molar-refractivity contribution in [1.82, 2.24) is 15.7 Å². The predicted molar refractivity (Wildman–Crippen MR) is 144 cm³/mol. The summed E-state index contributed by atoms with van der Waals surface area (Å²) in [5.74, 6) is -0.966. The van der Waals surface area contributed by atoms with E-state index in [0.717, 1.165) is 19.3 Å². The Morgan fingerprint density at radius 2 is 1.84 bits per heavy atom. The second-order valence-corrected chi connectivity index (χ2v) is 9.71. The molecule has 208 valence electrons. The minimum Gasteiger partial charge on any atom is -0.494 e. The van der Waals surface area contributed by atoms with Gasteiger partial charge < -0.3 is 19.9 Å². The van der Waals surface area contributed by atoms with E-state index in [0.29, 0.717) is 53.4 Å². The van der Waals surface area contributed by atoms with Crippen molar-refractivity contribution in [3.8, 4) is 16.9 Å². The first-order valence-corrected chi connectivity index (χ1v) is 13.8. The van der Waals surface area contributed by atoms with Gasteiger partial charge >= 0.3 is 0 Å². The molecule has 0 heterocycles. The van der Waals surface area contributed by atoms with Gasteiger partial charge in [-0.15, -0.1) is 0 Å². The molecule has 0 aliphatic heterocycles. The molecule has 0 saturated carbocycles. The van der Waals surface area contributed by atoms with Gasteiger partial charge in [-0.05, 0) is 61.2 Å². The number of carbonyl (C=O) groups excluding carboxylic acids is 3. The topological polar surface area (TPSA) is 145 Å². The van der Waals surface area contributed by atoms with Crippen LogP contribution in [0.3, 0.4) is 0 Å². The number of unbranched alkanes of at least 4 members (excludes halogenated alkanes) is 2. The van der Waals surface area contributed by atoms with Crippen LogP contribution in [0.25, 0.3) is 11.1 Å². The standard InChI is InChI=1S/C27H37N3O7S/c1-4-7-8-12-24(25(5-2)30(34)18-31)27(33)29-17-28-26(32)20-11-9-10-19(13-20)21-14-22(37-6-3)16-23(15-21)38(35)36/h9-11,13-16,18,24-25,34H,4-8,12,17H2,1-3H3,(H,28,32)(H,29,33)(H,35,36)/t24-,25-/m1/s1. The Morgan fingerprint density at radius 1 is 1.08 bits per heavy atom. The molecule has 0 spiro atoms. The molecule has 0 bridgehead atoms. The fraction of sp³-hybridized carbons (Fsp3) is 0.444. The van der Waals surface area contributed by atoms with E-state index in [1.807, 2.05) is 13.8 Å². The SMILES string of the molecule is CCCCC[C@@H](C(=O)NCNC(=O)c1cccc(-c2cc(OCC)cc(S(=O)O)c2)c1)[C@@H](CC)N(O)C=O. The van der Waals surface area contributed by atoms with Crippen molar-refractivity contribution in [2.75, 3.05) is 13.3 Å². The van der Waals surface area contributed by atoms with Crippen molar-refractivity contribution in [3.05, 3.63) is 48.0 Å². The maximum Gasteiger partial charge on any atom is 0.252 e. The Morgan fingerprint density at radius 3 is 2.47 bits per heavy atom. The van der Waals surface area contributed by atoms with Gasteiger partial charge in [0.1, 0.15) is 5.75 Å². The number of rotatable bonds is 16. The molecule has 0 aliphatic carbocycles. The van der Waals surface area contributed by atoms with Crippen molar-refractivity contribution in [2.45, 2.75) is 63.8 Å². The van der Waals surface area contributed by atoms with Crippen LogP contribution in [-0.4, -0.2) is 56.6 Å². The summed E-state index contributed by atoms with van der Waals surface area (Å²) in [7, 11) is 0. The lowest BCUT2D eigenvalue weighted by molar-refractivity contribution is -0.168. The zero-order valence-corrected chi connectivity index (χ0v) is 22.8. The number of nitrogens with one attached hydrogen (secondary N) is 2. The third kappa shape index (κ3) is 8.93. The van der Waals surface area contributed by atoms with E-state index in [1.54, 1.807) is 43.3 Å². The lowest BCUT2D eigenvalue weighted by Gasteiger charge is -2.29. The lowest BCUT2D eigenvalue weighted by Crippen LogP contribution is -2.47. The van der Waals surface area contributed by atoms with Crippen molar-refractivity contribution in [1.29, 1.82) is 0 Å². The molecular weight excluding hydrogens is 510 g/mol. The molecule has 1 unspecified atom stereocenters. The molecule has 2 aromatic carbocycles. The van der Waals surface area contributed by atoms with Gasteiger partial charge in [-0.25, -0.2) is 9.27 Å². The highest BCUT2D eigenvalue weighted by atomic mass is 32.2. The van der Waals surface area contributed by atoms with Gasteiger partial charge in [0.2, 0.25) is 12.3 Å². The normalized spacial score (nSPS) is 13.2. The van der Waals surface area contributed by atoms with Crippen LogP contribution in [0.4, 0.5) is 0 Å². The molecule has 0 radical (unpaired) electrons. The van der Waals surface area contributed by atoms with E-state index in [9.17, 15) is 28.4 Å². The summed E-state index contributed by atoms with van der Waals surface area (Å²) >= 11 is -2.20. The van der Waals surface area contributed by atoms with Crippen LogP contribution >= 0.6 is 0 Å². The number of hydrogen-bond acceptors (Lipinski definition) is 6. The highest BCUT2D eigenvalue weighted by molar-refractivity contribution is 7.79. The number of benzene rings is 2. The zero-order chi connectivity index (χ0) is 28.1. The maximum atomic E-state index is 12.9. The van der Waals surface area contributed by atoms with Crippen LogP contribution in [0.2, 0.25) is 0 Å². The quantitative estimate of drug-likeness (QED) is 0.0621. The van der Waals surface area contributed by atoms with Crippen LogP contribution in [0.15, 0.2) is 47.4 Å². The molecule has 4 N–H and O–H groups in total. The number of nitrogens with zero attached hydrogens (tertiary/aromatic N) is 1. The lowest BCUT2D eigenvalue weighted by atomic mass is 9.90. The van der Waals surface area contributed by atoms with Crippen molar-refractivity contribution in [2.24, 2.45) is 5.92 Å². The second kappa shape index (κ2) is 15.9. The summed E-state index contributed by atoms with van der Waals surface area (Å²) in [6.07, 6.45) is 3.85. The molecule has 0 aliphatic rings. The summed E-state index contributed by atoms with van der Waals surface area (Å²) in [5.41, 5.74) is 1.59. The first kappa shape index (κ1) is 30.9. The largest absolute Gasteiger partial charge is 0.494 e. The summed E-state index contributed by atoms with van der Waals surface area (Å²) in [6.45, 7) is 5.89. The molecular formula is C27H37N3O7S. The summed E-state index contributed by atoms with van der Waals surface area (Å²) in [6, 6.07) is 10.8. The third-order valence-corrected chi connectivity index (χ3v) is 6.79. The van der Waals surface area contributed by atoms with Crippen molar-refractivity contribution in [3.63, 3.8) is 0 Å². The molecule has 0 saturated heterocycles. The van der Waals surface area contributed by atoms with Gasteiger partial charge in [-0.1, -0.05) is 45.2 Å². The van der Waals surface area contributed by atoms with E-state index in [1.165, 1.54) is 6.07 Å². The minimum absolute atomic E-state index is 0.136. The average molecular weight is 548 g/mol. The molecule has 3 atom stereocenters. The van der Waals surface area contributed by atoms with Crippen LogP contribution in [0.1, 0.15) is 63.2 Å². The third-order valence-electron chi connectivity index (χ3n) is 6.15. The summed E-state index contributed by atoms with van der Waals surface area (Å²) in [4.78, 5) is 37.0. The molecule has 10 nitrogen and oxygen atoms in total. The number of hydroxylamine groups is 2. The number of carbonyl (C=O) groups is 3. The molecule has 2 aromatic rings. The fourth-order valence-corrected chi connectivity index (χ4v) is 4.67. The van der Waals surface area contributed by atoms with E-state index >= 15 is 0 Å². The molecule has 3 amide bonds. The molecule has 38 heavy (non-hydrogen) atoms. The van der Waals surface area contributed by atoms with E-state index < -0.39 is 28.9 Å². The van der Waals surface area contributed by atoms with Gasteiger partial charge in [-0.3, -0.25) is 19.6 Å².